The number of halogens is 3. The van der Waals surface area contributed by atoms with Gasteiger partial charge in [0.15, 0.2) is 6.79 Å². The Morgan fingerprint density at radius 1 is 1.08 bits per heavy atom. The summed E-state index contributed by atoms with van der Waals surface area (Å²) in [5.41, 5.74) is 1.36. The molecule has 3 atom stereocenters. The Hall–Kier alpha value is -4.61. The number of alkyl halides is 1. The minimum absolute atomic E-state index is 0.0200. The second-order valence-corrected chi connectivity index (χ2v) is 12.5. The maximum atomic E-state index is 15.4. The fraction of sp³-hybridized carbons (Fsp3) is 0.351. The number of methoxy groups -OCH3 is 1. The van der Waals surface area contributed by atoms with E-state index in [1.165, 1.54) is 12.0 Å². The molecule has 3 aromatic carbocycles. The van der Waals surface area contributed by atoms with Crippen LogP contribution in [-0.4, -0.2) is 60.3 Å². The van der Waals surface area contributed by atoms with Crippen LogP contribution >= 0.6 is 0 Å². The molecule has 1 amide bonds. The summed E-state index contributed by atoms with van der Waals surface area (Å²) in [7, 11) is 1.54. The van der Waals surface area contributed by atoms with Crippen LogP contribution in [0.2, 0.25) is 0 Å². The van der Waals surface area contributed by atoms with Gasteiger partial charge in [0, 0.05) is 49.8 Å². The molecule has 0 radical (unpaired) electrons. The van der Waals surface area contributed by atoms with Crippen LogP contribution in [0.25, 0.3) is 11.3 Å². The van der Waals surface area contributed by atoms with Crippen LogP contribution in [0.3, 0.4) is 0 Å². The molecule has 254 valence electrons. The molecule has 0 aliphatic carbocycles. The predicted octanol–water partition coefficient (Wildman–Crippen LogP) is 7.31. The number of hydrogen-bond donors (Lipinski definition) is 1. The molecule has 0 bridgehead atoms. The van der Waals surface area contributed by atoms with E-state index in [0.29, 0.717) is 18.1 Å². The van der Waals surface area contributed by atoms with E-state index in [-0.39, 0.29) is 44.3 Å². The number of benzene rings is 3. The van der Waals surface area contributed by atoms with Gasteiger partial charge in [0.1, 0.15) is 36.0 Å². The molecule has 1 saturated heterocycles. The molecule has 0 spiro atoms. The average molecular weight is 663 g/mol. The van der Waals surface area contributed by atoms with Crippen LogP contribution in [0.4, 0.5) is 18.0 Å². The average Bonchev–Trinajstić information content (AvgIpc) is 3.67. The largest absolute Gasteiger partial charge is 0.468 e. The Morgan fingerprint density at radius 2 is 1.85 bits per heavy atom. The summed E-state index contributed by atoms with van der Waals surface area (Å²) in [5.74, 6) is -0.588. The van der Waals surface area contributed by atoms with Crippen LogP contribution < -0.4 is 10.1 Å². The van der Waals surface area contributed by atoms with Crippen LogP contribution in [0.5, 0.6) is 5.75 Å². The van der Waals surface area contributed by atoms with E-state index in [0.717, 1.165) is 29.3 Å². The van der Waals surface area contributed by atoms with Crippen molar-refractivity contribution in [3.8, 4) is 17.0 Å². The summed E-state index contributed by atoms with van der Waals surface area (Å²) in [6.07, 6.45) is 1.61. The Morgan fingerprint density at radius 3 is 2.60 bits per heavy atom. The number of nitrogens with one attached hydrogen (secondary N) is 1. The van der Waals surface area contributed by atoms with E-state index in [1.54, 1.807) is 12.3 Å². The highest BCUT2D eigenvalue weighted by atomic mass is 19.1. The van der Waals surface area contributed by atoms with E-state index < -0.39 is 41.3 Å². The van der Waals surface area contributed by atoms with E-state index in [4.69, 9.17) is 19.2 Å². The third kappa shape index (κ3) is 8.45. The van der Waals surface area contributed by atoms with E-state index >= 15 is 4.39 Å². The first-order valence-corrected chi connectivity index (χ1v) is 15.8. The lowest BCUT2D eigenvalue weighted by Gasteiger charge is -2.33. The number of nitrogens with zero attached hydrogens (tertiary/aromatic N) is 3. The lowest BCUT2D eigenvalue weighted by Crippen LogP contribution is -2.39. The first-order valence-electron chi connectivity index (χ1n) is 15.8. The van der Waals surface area contributed by atoms with Gasteiger partial charge in [0.2, 0.25) is 0 Å². The Bertz CT molecular complexity index is 1700. The molecule has 8 nitrogen and oxygen atoms in total. The van der Waals surface area contributed by atoms with Crippen LogP contribution in [0.1, 0.15) is 36.8 Å². The number of hydrogen-bond acceptors (Lipinski definition) is 6. The minimum Gasteiger partial charge on any atom is -0.468 e. The molecule has 11 heteroatoms. The van der Waals surface area contributed by atoms with Gasteiger partial charge in [-0.2, -0.15) is 0 Å². The molecule has 0 saturated carbocycles. The molecule has 1 fully saturated rings. The van der Waals surface area contributed by atoms with Gasteiger partial charge in [-0.15, -0.1) is 6.58 Å². The van der Waals surface area contributed by atoms with Crippen molar-refractivity contribution in [3.63, 3.8) is 0 Å². The summed E-state index contributed by atoms with van der Waals surface area (Å²) in [4.78, 5) is 19.0. The van der Waals surface area contributed by atoms with Crippen molar-refractivity contribution in [3.05, 3.63) is 120 Å². The monoisotopic (exact) mass is 662 g/mol. The lowest BCUT2D eigenvalue weighted by molar-refractivity contribution is 0.0511. The van der Waals surface area contributed by atoms with Gasteiger partial charge < -0.3 is 29.0 Å². The Kier molecular flexibility index (Phi) is 11.2. The highest BCUT2D eigenvalue weighted by Gasteiger charge is 2.39. The molecule has 0 unspecified atom stereocenters. The smallest absolute Gasteiger partial charge is 0.410 e. The molecular weight excluding hydrogens is 621 g/mol. The van der Waals surface area contributed by atoms with Gasteiger partial charge >= 0.3 is 6.09 Å². The lowest BCUT2D eigenvalue weighted by atomic mass is 9.83. The van der Waals surface area contributed by atoms with Gasteiger partial charge in [-0.1, -0.05) is 62.4 Å². The molecule has 1 N–H and O–H groups in total. The minimum atomic E-state index is -1.28. The molecule has 2 heterocycles. The van der Waals surface area contributed by atoms with E-state index in [2.05, 4.69) is 11.9 Å². The number of imidazole rings is 1. The fourth-order valence-corrected chi connectivity index (χ4v) is 5.73. The van der Waals surface area contributed by atoms with Gasteiger partial charge in [0.25, 0.3) is 0 Å². The SMILES string of the molecule is C=CC(C)(C)[C@@H](NC[C@@H]1CN(C(=O)OCc2ccccc2)C[C@@H]1F)c1nc(-c2cc(F)ccc2F)cn1Cc1cccc(OCOC)c1. The van der Waals surface area contributed by atoms with Crippen molar-refractivity contribution in [2.75, 3.05) is 33.5 Å². The third-order valence-corrected chi connectivity index (χ3v) is 8.54. The van der Waals surface area contributed by atoms with Crippen LogP contribution in [0.15, 0.2) is 91.6 Å². The Labute approximate surface area is 279 Å². The maximum absolute atomic E-state index is 15.4. The summed E-state index contributed by atoms with van der Waals surface area (Å²) in [6, 6.07) is 19.5. The van der Waals surface area contributed by atoms with Crippen molar-refractivity contribution in [2.24, 2.45) is 11.3 Å². The number of likely N-dealkylation sites (tertiary alicyclic amines) is 1. The molecule has 1 aromatic heterocycles. The zero-order valence-corrected chi connectivity index (χ0v) is 27.4. The van der Waals surface area contributed by atoms with Crippen molar-refractivity contribution < 1.29 is 32.2 Å². The number of ether oxygens (including phenoxy) is 3. The topological polar surface area (TPSA) is 77.9 Å². The standard InChI is InChI=1S/C37H41F3N4O4/c1-5-37(2,3)34(41-18-27-20-44(21-32(27)40)36(45)47-23-25-10-7-6-8-11-25)35-42-33(30-17-28(38)14-15-31(30)39)22-43(35)19-26-12-9-13-29(16-26)48-24-46-4/h5-17,22,27,32,34,41H,1,18-21,23-24H2,2-4H3/t27-,32+,34+/m1/s1. The summed E-state index contributed by atoms with van der Waals surface area (Å²) >= 11 is 0. The molecular formula is C37H41F3N4O4. The second-order valence-electron chi connectivity index (χ2n) is 12.5. The fourth-order valence-electron chi connectivity index (χ4n) is 5.73. The first-order chi connectivity index (χ1) is 23.1. The van der Waals surface area contributed by atoms with Gasteiger partial charge in [0.05, 0.1) is 18.3 Å². The van der Waals surface area contributed by atoms with E-state index in [1.807, 2.05) is 73.0 Å². The number of rotatable bonds is 14. The van der Waals surface area contributed by atoms with Crippen LogP contribution in [0, 0.1) is 23.0 Å². The third-order valence-electron chi connectivity index (χ3n) is 8.54. The highest BCUT2D eigenvalue weighted by Crippen LogP contribution is 2.37. The first kappa shape index (κ1) is 34.7. The summed E-state index contributed by atoms with van der Waals surface area (Å²) in [5, 5.41) is 3.49. The Balaban J connectivity index is 1.40. The molecule has 5 rings (SSSR count). The summed E-state index contributed by atoms with van der Waals surface area (Å²) < 4.78 is 62.6. The maximum Gasteiger partial charge on any atom is 0.410 e. The van der Waals surface area contributed by atoms with Crippen molar-refractivity contribution in [1.82, 2.24) is 19.8 Å². The quantitative estimate of drug-likeness (QED) is 0.113. The molecule has 48 heavy (non-hydrogen) atoms. The highest BCUT2D eigenvalue weighted by molar-refractivity contribution is 5.68. The van der Waals surface area contributed by atoms with Crippen molar-refractivity contribution in [1.29, 1.82) is 0 Å². The van der Waals surface area contributed by atoms with E-state index in [9.17, 15) is 13.6 Å². The van der Waals surface area contributed by atoms with Crippen molar-refractivity contribution in [2.45, 2.75) is 39.2 Å². The number of aromatic nitrogens is 2. The predicted molar refractivity (Wildman–Crippen MR) is 177 cm³/mol. The van der Waals surface area contributed by atoms with Crippen LogP contribution in [-0.2, 0) is 22.6 Å². The number of carbonyl (C=O) groups excluding carboxylic acids is 1. The molecule has 1 aliphatic heterocycles. The second kappa shape index (κ2) is 15.5. The normalized spacial score (nSPS) is 16.9. The molecule has 4 aromatic rings. The zero-order chi connectivity index (χ0) is 34.3. The van der Waals surface area contributed by atoms with Gasteiger partial charge in [-0.25, -0.2) is 22.9 Å². The molecule has 1 aliphatic rings. The number of carbonyl (C=O) groups is 1. The van der Waals surface area contributed by atoms with Gasteiger partial charge in [-0.3, -0.25) is 0 Å². The number of amides is 1. The zero-order valence-electron chi connectivity index (χ0n) is 27.4. The van der Waals surface area contributed by atoms with Crippen molar-refractivity contribution >= 4 is 6.09 Å². The summed E-state index contributed by atoms with van der Waals surface area (Å²) in [6.45, 7) is 8.79. The van der Waals surface area contributed by atoms with Gasteiger partial charge in [-0.05, 0) is 41.5 Å².